The smallest absolute Gasteiger partial charge is 0.187 e. The van der Waals surface area contributed by atoms with E-state index in [1.807, 2.05) is 0 Å². The summed E-state index contributed by atoms with van der Waals surface area (Å²) in [4.78, 5) is 0. The van der Waals surface area contributed by atoms with E-state index >= 15 is 0 Å². The highest BCUT2D eigenvalue weighted by molar-refractivity contribution is 4.98. The van der Waals surface area contributed by atoms with Crippen molar-refractivity contribution < 1.29 is 144 Å². The van der Waals surface area contributed by atoms with Crippen LogP contribution in [0.15, 0.2) is 0 Å². The first-order chi connectivity index (χ1) is 30.2. The van der Waals surface area contributed by atoms with Crippen LogP contribution in [0.1, 0.15) is 6.92 Å². The van der Waals surface area contributed by atoms with Gasteiger partial charge in [0.25, 0.3) is 0 Å². The van der Waals surface area contributed by atoms with Crippen LogP contribution in [-0.2, 0) is 52.1 Å². The Morgan fingerprint density at radius 2 is 0.797 bits per heavy atom. The molecule has 0 aromatic carbocycles. The largest absolute Gasteiger partial charge is 0.394 e. The predicted octanol–water partition coefficient (Wildman–Crippen LogP) is -12.4. The summed E-state index contributed by atoms with van der Waals surface area (Å²) in [6.07, 6.45) is -53.7. The van der Waals surface area contributed by atoms with Crippen molar-refractivity contribution in [3.05, 3.63) is 0 Å². The third kappa shape index (κ3) is 10.7. The Hall–Kier alpha value is -1.16. The van der Waals surface area contributed by atoms with Crippen LogP contribution in [0.3, 0.4) is 0 Å². The van der Waals surface area contributed by atoms with E-state index in [1.54, 1.807) is 0 Å². The van der Waals surface area contributed by atoms with Crippen molar-refractivity contribution in [2.45, 2.75) is 185 Å². The quantitative estimate of drug-likeness (QED) is 0.0769. The highest BCUT2D eigenvalue weighted by atomic mass is 16.8. The fraction of sp³-hybridized carbons (Fsp3) is 1.00. The number of ether oxygens (including phenoxy) is 11. The summed E-state index contributed by atoms with van der Waals surface area (Å²) in [5, 5.41) is 189. The molecule has 0 amide bonds. The molecule has 6 aliphatic heterocycles. The molecule has 6 fully saturated rings. The predicted molar refractivity (Wildman–Crippen MR) is 192 cm³/mol. The molecule has 0 bridgehead atoms. The SMILES string of the molecule is CC1OC(OC2C(OC3C(OCC4OC(OC5C(CO)OC(O)C(O)C5O)C(O)C(O)C4OC4OC(CO)C(O)C(O)C4O)OCC(O)C3O)OC(CO)C(O)C2O)C(O)C(O)C1O. The highest BCUT2D eigenvalue weighted by Gasteiger charge is 2.56. The van der Waals surface area contributed by atoms with E-state index in [4.69, 9.17) is 52.1 Å². The summed E-state index contributed by atoms with van der Waals surface area (Å²) in [6, 6.07) is 0. The Labute approximate surface area is 362 Å². The van der Waals surface area contributed by atoms with Gasteiger partial charge in [0.15, 0.2) is 37.7 Å². The lowest BCUT2D eigenvalue weighted by Gasteiger charge is -2.49. The maximum atomic E-state index is 11.5. The third-order valence-electron chi connectivity index (χ3n) is 12.0. The lowest BCUT2D eigenvalue weighted by molar-refractivity contribution is -0.394. The molecule has 0 aliphatic carbocycles. The van der Waals surface area contributed by atoms with Gasteiger partial charge in [-0.05, 0) is 6.92 Å². The summed E-state index contributed by atoms with van der Waals surface area (Å²) in [5.74, 6) is 0. The first-order valence-electron chi connectivity index (χ1n) is 20.4. The molecule has 29 heteroatoms. The van der Waals surface area contributed by atoms with Crippen LogP contribution < -0.4 is 0 Å². The Morgan fingerprint density at radius 3 is 1.39 bits per heavy atom. The van der Waals surface area contributed by atoms with Gasteiger partial charge in [-0.15, -0.1) is 0 Å². The van der Waals surface area contributed by atoms with Crippen LogP contribution in [0.4, 0.5) is 0 Å². The summed E-state index contributed by atoms with van der Waals surface area (Å²) in [6.45, 7) is -2.93. The van der Waals surface area contributed by atoms with Crippen molar-refractivity contribution in [1.82, 2.24) is 0 Å². The Kier molecular flexibility index (Phi) is 18.0. The molecule has 6 rings (SSSR count). The fourth-order valence-electron chi connectivity index (χ4n) is 8.04. The van der Waals surface area contributed by atoms with Crippen LogP contribution >= 0.6 is 0 Å². The Bertz CT molecular complexity index is 1440. The van der Waals surface area contributed by atoms with Gasteiger partial charge in [-0.25, -0.2) is 0 Å². The van der Waals surface area contributed by atoms with E-state index in [0.29, 0.717) is 0 Å². The van der Waals surface area contributed by atoms with E-state index in [-0.39, 0.29) is 0 Å². The zero-order valence-corrected chi connectivity index (χ0v) is 33.8. The van der Waals surface area contributed by atoms with Gasteiger partial charge in [-0.2, -0.15) is 0 Å². The van der Waals surface area contributed by atoms with Crippen LogP contribution in [0, 0.1) is 0 Å². The topological polar surface area (TPSA) is 466 Å². The number of hydrogen-bond acceptors (Lipinski definition) is 29. The zero-order valence-electron chi connectivity index (χ0n) is 33.8. The standard InChI is InChI=1S/C35H60O29/c1-7-13(40)17(44)23(50)31(56-7)63-29-19(46)16(43)10(3-37)59-35(29)64-28-14(41)8(39)5-54-34(28)55-6-12-27(62-32-24(51)18(45)15(42)9(2-36)58-32)21(48)25(52)33(60-12)61-26-11(4-38)57-30(53)22(49)20(26)47/h7-53H,2-6H2,1H3. The van der Waals surface area contributed by atoms with Crippen LogP contribution in [0.25, 0.3) is 0 Å². The van der Waals surface area contributed by atoms with Gasteiger partial charge in [0, 0.05) is 0 Å². The van der Waals surface area contributed by atoms with E-state index in [2.05, 4.69) is 0 Å². The van der Waals surface area contributed by atoms with E-state index in [1.165, 1.54) is 6.92 Å². The van der Waals surface area contributed by atoms with Gasteiger partial charge in [-0.1, -0.05) is 0 Å². The van der Waals surface area contributed by atoms with Crippen molar-refractivity contribution in [3.8, 4) is 0 Å². The molecule has 64 heavy (non-hydrogen) atoms. The van der Waals surface area contributed by atoms with E-state index in [0.717, 1.165) is 0 Å². The molecule has 29 atom stereocenters. The van der Waals surface area contributed by atoms with Gasteiger partial charge in [0.05, 0.1) is 39.1 Å². The van der Waals surface area contributed by atoms with Gasteiger partial charge < -0.3 is 144 Å². The molecule has 18 N–H and O–H groups in total. The monoisotopic (exact) mass is 944 g/mol. The maximum Gasteiger partial charge on any atom is 0.187 e. The lowest BCUT2D eigenvalue weighted by Crippen LogP contribution is -2.67. The third-order valence-corrected chi connectivity index (χ3v) is 12.0. The number of rotatable bonds is 14. The average molecular weight is 945 g/mol. The molecule has 6 heterocycles. The average Bonchev–Trinajstić information content (AvgIpc) is 3.28. The van der Waals surface area contributed by atoms with Crippen molar-refractivity contribution in [2.75, 3.05) is 33.0 Å². The number of hydrogen-bond donors (Lipinski definition) is 18. The molecule has 374 valence electrons. The molecule has 29 unspecified atom stereocenters. The minimum Gasteiger partial charge on any atom is -0.394 e. The van der Waals surface area contributed by atoms with E-state index < -0.39 is 211 Å². The highest BCUT2D eigenvalue weighted by Crippen LogP contribution is 2.35. The zero-order chi connectivity index (χ0) is 47.1. The second-order valence-corrected chi connectivity index (χ2v) is 16.3. The number of aliphatic hydroxyl groups is 18. The normalized spacial score (nSPS) is 54.1. The molecule has 0 aromatic heterocycles. The van der Waals surface area contributed by atoms with Crippen molar-refractivity contribution in [1.29, 1.82) is 0 Å². The molecule has 6 aliphatic rings. The van der Waals surface area contributed by atoms with E-state index in [9.17, 15) is 91.9 Å². The fourth-order valence-corrected chi connectivity index (χ4v) is 8.04. The molecule has 0 aromatic rings. The van der Waals surface area contributed by atoms with Crippen LogP contribution in [0.5, 0.6) is 0 Å². The first kappa shape index (κ1) is 52.2. The molecular weight excluding hydrogens is 884 g/mol. The summed E-state index contributed by atoms with van der Waals surface area (Å²) >= 11 is 0. The van der Waals surface area contributed by atoms with Crippen LogP contribution in [0.2, 0.25) is 0 Å². The molecule has 29 nitrogen and oxygen atoms in total. The Morgan fingerprint density at radius 1 is 0.375 bits per heavy atom. The van der Waals surface area contributed by atoms with Crippen LogP contribution in [-0.4, -0.2) is 303 Å². The van der Waals surface area contributed by atoms with Gasteiger partial charge >= 0.3 is 0 Å². The van der Waals surface area contributed by atoms with Crippen molar-refractivity contribution in [2.24, 2.45) is 0 Å². The van der Waals surface area contributed by atoms with Gasteiger partial charge in [0.2, 0.25) is 0 Å². The minimum atomic E-state index is -2.17. The molecule has 0 saturated carbocycles. The summed E-state index contributed by atoms with van der Waals surface area (Å²) < 4.78 is 62.1. The molecule has 0 radical (unpaired) electrons. The minimum absolute atomic E-state index is 0.641. The second kappa shape index (κ2) is 22.1. The molecular formula is C35H60O29. The Balaban J connectivity index is 1.25. The summed E-state index contributed by atoms with van der Waals surface area (Å²) in [7, 11) is 0. The van der Waals surface area contributed by atoms with Gasteiger partial charge in [-0.3, -0.25) is 0 Å². The lowest BCUT2D eigenvalue weighted by atomic mass is 9.96. The van der Waals surface area contributed by atoms with Crippen molar-refractivity contribution >= 4 is 0 Å². The molecule has 0 spiro atoms. The number of aliphatic hydroxyl groups excluding tert-OH is 18. The van der Waals surface area contributed by atoms with Crippen molar-refractivity contribution in [3.63, 3.8) is 0 Å². The van der Waals surface area contributed by atoms with Gasteiger partial charge in [0.1, 0.15) is 134 Å². The molecule has 6 saturated heterocycles. The first-order valence-corrected chi connectivity index (χ1v) is 20.4. The second-order valence-electron chi connectivity index (χ2n) is 16.3. The maximum absolute atomic E-state index is 11.5. The summed E-state index contributed by atoms with van der Waals surface area (Å²) in [5.41, 5.74) is 0.